The lowest BCUT2D eigenvalue weighted by Crippen LogP contribution is -2.62. The molecule has 0 aromatic carbocycles. The first kappa shape index (κ1) is 37.7. The van der Waals surface area contributed by atoms with E-state index in [2.05, 4.69) is 27.7 Å². The Kier molecular flexibility index (Phi) is 14.3. The van der Waals surface area contributed by atoms with Crippen LogP contribution in [0.5, 0.6) is 0 Å². The second-order valence-corrected chi connectivity index (χ2v) is 16.9. The zero-order valence-corrected chi connectivity index (χ0v) is 30.0. The smallest absolute Gasteiger partial charge is 0.306 e. The van der Waals surface area contributed by atoms with Crippen LogP contribution in [0.2, 0.25) is 0 Å². The molecule has 0 radical (unpaired) electrons. The molecule has 4 fully saturated rings. The first-order chi connectivity index (χ1) is 22.0. The number of fused-ring (bicyclic) bond motifs is 5. The lowest BCUT2D eigenvalue weighted by atomic mass is 9.43. The van der Waals surface area contributed by atoms with Crippen LogP contribution in [0.25, 0.3) is 0 Å². The van der Waals surface area contributed by atoms with Gasteiger partial charge in [0, 0.05) is 12.8 Å². The van der Waals surface area contributed by atoms with Crippen molar-refractivity contribution in [1.82, 2.24) is 0 Å². The third-order valence-corrected chi connectivity index (χ3v) is 14.1. The molecule has 0 heterocycles. The van der Waals surface area contributed by atoms with Crippen molar-refractivity contribution >= 4 is 11.9 Å². The summed E-state index contributed by atoms with van der Waals surface area (Å²) in [5.41, 5.74) is -0.235. The summed E-state index contributed by atoms with van der Waals surface area (Å²) in [5, 5.41) is 32.7. The molecule has 0 bridgehead atoms. The van der Waals surface area contributed by atoms with Gasteiger partial charge < -0.3 is 20.1 Å². The van der Waals surface area contributed by atoms with Crippen LogP contribution in [0.4, 0.5) is 0 Å². The maximum Gasteiger partial charge on any atom is 0.306 e. The average molecular weight is 647 g/mol. The molecule has 0 saturated heterocycles. The highest BCUT2D eigenvalue weighted by atomic mass is 16.5. The van der Waals surface area contributed by atoms with Crippen LogP contribution < -0.4 is 0 Å². The van der Waals surface area contributed by atoms with Crippen LogP contribution in [0.15, 0.2) is 0 Å². The molecule has 46 heavy (non-hydrogen) atoms. The van der Waals surface area contributed by atoms with Gasteiger partial charge in [0.25, 0.3) is 0 Å². The minimum atomic E-state index is -0.752. The van der Waals surface area contributed by atoms with Gasteiger partial charge in [-0.3, -0.25) is 9.59 Å². The predicted molar refractivity (Wildman–Crippen MR) is 184 cm³/mol. The summed E-state index contributed by atoms with van der Waals surface area (Å²) in [5.74, 6) is 0.742. The van der Waals surface area contributed by atoms with Gasteiger partial charge in [0.2, 0.25) is 0 Å². The molecule has 0 aromatic heterocycles. The number of carboxylic acids is 1. The number of hydrogen-bond donors (Lipinski definition) is 3. The van der Waals surface area contributed by atoms with E-state index in [9.17, 15) is 24.9 Å². The highest BCUT2D eigenvalue weighted by molar-refractivity contribution is 5.69. The van der Waals surface area contributed by atoms with Crippen molar-refractivity contribution in [3.05, 3.63) is 0 Å². The standard InChI is InChI=1S/C40H70O6/c1-5-6-7-8-9-10-11-12-13-14-15-16-17-18-37(45)46-30-23-24-39(3)29(25-30)26-34(41)38-32-21-20-31(28(2)19-22-36(43)44)40(32,4)35(42)27-33(38)39/h28-35,38,41-42H,5-27H2,1-4H3,(H,43,44)/t28-,29+,30-,31?,32?,33?,34-,35+,38?,39+,40-/m1/s1. The van der Waals surface area contributed by atoms with Crippen molar-refractivity contribution in [3.63, 3.8) is 0 Å². The van der Waals surface area contributed by atoms with Gasteiger partial charge in [-0.2, -0.15) is 0 Å². The van der Waals surface area contributed by atoms with Crippen LogP contribution in [0.3, 0.4) is 0 Å². The van der Waals surface area contributed by atoms with E-state index in [0.29, 0.717) is 25.2 Å². The Hall–Kier alpha value is -1.14. The first-order valence-electron chi connectivity index (χ1n) is 19.8. The Labute approximate surface area is 281 Å². The van der Waals surface area contributed by atoms with Crippen molar-refractivity contribution in [2.75, 3.05) is 0 Å². The molecule has 4 unspecified atom stereocenters. The van der Waals surface area contributed by atoms with E-state index in [4.69, 9.17) is 4.74 Å². The van der Waals surface area contributed by atoms with E-state index in [0.717, 1.165) is 51.4 Å². The summed E-state index contributed by atoms with van der Waals surface area (Å²) >= 11 is 0. The summed E-state index contributed by atoms with van der Waals surface area (Å²) in [6, 6.07) is 0. The molecular formula is C40H70O6. The lowest BCUT2D eigenvalue weighted by Gasteiger charge is -2.63. The fourth-order valence-electron chi connectivity index (χ4n) is 11.3. The highest BCUT2D eigenvalue weighted by Crippen LogP contribution is 2.68. The topological polar surface area (TPSA) is 104 Å². The van der Waals surface area contributed by atoms with Crippen LogP contribution in [-0.4, -0.2) is 45.6 Å². The van der Waals surface area contributed by atoms with Crippen molar-refractivity contribution in [3.8, 4) is 0 Å². The van der Waals surface area contributed by atoms with Crippen LogP contribution >= 0.6 is 0 Å². The van der Waals surface area contributed by atoms with Crippen molar-refractivity contribution < 1.29 is 29.6 Å². The SMILES string of the molecule is CCCCCCCCCCCCCCCC(=O)O[C@@H]1CC[C@]2(C)C3C[C@H](O)[C@@]4(C)C(CCC4[C@H](C)CCC(=O)O)C3[C@H](O)C[C@@H]2C1. The normalized spacial score (nSPS) is 37.6. The van der Waals surface area contributed by atoms with E-state index in [1.807, 2.05) is 0 Å². The minimum absolute atomic E-state index is 0.0389. The molecule has 0 spiro atoms. The Balaban J connectivity index is 1.19. The Morgan fingerprint density at radius 3 is 2.00 bits per heavy atom. The van der Waals surface area contributed by atoms with Gasteiger partial charge in [-0.1, -0.05) is 105 Å². The van der Waals surface area contributed by atoms with Gasteiger partial charge in [-0.25, -0.2) is 0 Å². The number of carbonyl (C=O) groups is 2. The largest absolute Gasteiger partial charge is 0.481 e. The van der Waals surface area contributed by atoms with Crippen molar-refractivity contribution in [2.45, 2.75) is 194 Å². The van der Waals surface area contributed by atoms with E-state index >= 15 is 0 Å². The second kappa shape index (κ2) is 17.5. The third-order valence-electron chi connectivity index (χ3n) is 14.1. The molecular weight excluding hydrogens is 576 g/mol. The molecule has 3 N–H and O–H groups in total. The first-order valence-corrected chi connectivity index (χ1v) is 19.8. The molecule has 11 atom stereocenters. The lowest BCUT2D eigenvalue weighted by molar-refractivity contribution is -0.209. The monoisotopic (exact) mass is 647 g/mol. The molecule has 0 aromatic rings. The molecule has 4 aliphatic rings. The maximum absolute atomic E-state index is 12.8. The van der Waals surface area contributed by atoms with Gasteiger partial charge >= 0.3 is 11.9 Å². The summed E-state index contributed by atoms with van der Waals surface area (Å²) in [6.07, 6.45) is 23.4. The molecule has 4 aliphatic carbocycles. The molecule has 266 valence electrons. The van der Waals surface area contributed by atoms with Crippen LogP contribution in [-0.2, 0) is 14.3 Å². The van der Waals surface area contributed by atoms with Crippen molar-refractivity contribution in [2.24, 2.45) is 46.3 Å². The maximum atomic E-state index is 12.8. The van der Waals surface area contributed by atoms with E-state index in [1.165, 1.54) is 70.6 Å². The number of aliphatic hydroxyl groups excluding tert-OH is 2. The Bertz CT molecular complexity index is 952. The number of rotatable bonds is 19. The molecule has 4 saturated carbocycles. The fraction of sp³-hybridized carbons (Fsp3) is 0.950. The summed E-state index contributed by atoms with van der Waals surface area (Å²) < 4.78 is 6.04. The molecule has 6 nitrogen and oxygen atoms in total. The average Bonchev–Trinajstić information content (AvgIpc) is 3.38. The number of ether oxygens (including phenoxy) is 1. The summed E-state index contributed by atoms with van der Waals surface area (Å²) in [4.78, 5) is 24.0. The number of unbranched alkanes of at least 4 members (excludes halogenated alkanes) is 12. The third kappa shape index (κ3) is 8.90. The summed E-state index contributed by atoms with van der Waals surface area (Å²) in [7, 11) is 0. The summed E-state index contributed by atoms with van der Waals surface area (Å²) in [6.45, 7) is 9.06. The highest BCUT2D eigenvalue weighted by Gasteiger charge is 2.65. The quantitative estimate of drug-likeness (QED) is 0.0954. The van der Waals surface area contributed by atoms with Crippen LogP contribution in [0.1, 0.15) is 175 Å². The van der Waals surface area contributed by atoms with Gasteiger partial charge in [-0.05, 0) is 104 Å². The van der Waals surface area contributed by atoms with Gasteiger partial charge in [0.15, 0.2) is 0 Å². The Morgan fingerprint density at radius 2 is 1.39 bits per heavy atom. The van der Waals surface area contributed by atoms with Crippen molar-refractivity contribution in [1.29, 1.82) is 0 Å². The zero-order chi connectivity index (χ0) is 33.3. The van der Waals surface area contributed by atoms with Gasteiger partial charge in [0.1, 0.15) is 6.10 Å². The minimum Gasteiger partial charge on any atom is -0.481 e. The molecule has 6 heteroatoms. The van der Waals surface area contributed by atoms with Gasteiger partial charge in [-0.15, -0.1) is 0 Å². The Morgan fingerprint density at radius 1 is 0.783 bits per heavy atom. The molecule has 4 rings (SSSR count). The number of aliphatic carboxylic acids is 1. The number of esters is 1. The van der Waals surface area contributed by atoms with E-state index in [1.54, 1.807) is 0 Å². The zero-order valence-electron chi connectivity index (χ0n) is 30.0. The van der Waals surface area contributed by atoms with Gasteiger partial charge in [0.05, 0.1) is 12.2 Å². The van der Waals surface area contributed by atoms with E-state index in [-0.39, 0.29) is 58.9 Å². The molecule has 0 amide bonds. The number of carboxylic acid groups (broad SMARTS) is 1. The molecule has 0 aliphatic heterocycles. The fourth-order valence-corrected chi connectivity index (χ4v) is 11.3. The number of aliphatic hydroxyl groups is 2. The van der Waals surface area contributed by atoms with Crippen LogP contribution in [0, 0.1) is 46.3 Å². The number of hydrogen-bond acceptors (Lipinski definition) is 5. The second-order valence-electron chi connectivity index (χ2n) is 16.9. The predicted octanol–water partition coefficient (Wildman–Crippen LogP) is 9.48. The number of carbonyl (C=O) groups excluding carboxylic acids is 1. The van der Waals surface area contributed by atoms with E-state index < -0.39 is 18.2 Å².